The Bertz CT molecular complexity index is 531. The van der Waals surface area contributed by atoms with E-state index in [1.54, 1.807) is 13.8 Å². The maximum absolute atomic E-state index is 11.0. The van der Waals surface area contributed by atoms with Gasteiger partial charge in [0, 0.05) is 0 Å². The first-order chi connectivity index (χ1) is 9.41. The van der Waals surface area contributed by atoms with Crippen molar-refractivity contribution in [1.82, 2.24) is 14.8 Å². The molecule has 0 bridgehead atoms. The van der Waals surface area contributed by atoms with Crippen LogP contribution in [0.2, 0.25) is 0 Å². The molecule has 9 heteroatoms. The van der Waals surface area contributed by atoms with E-state index in [4.69, 9.17) is 19.9 Å². The molecular weight excluding hydrogens is 268 g/mol. The van der Waals surface area contributed by atoms with Gasteiger partial charge < -0.3 is 25.1 Å². The van der Waals surface area contributed by atoms with Crippen LogP contribution in [0, 0.1) is 0 Å². The summed E-state index contributed by atoms with van der Waals surface area (Å²) in [4.78, 5) is 14.8. The third-order valence-corrected chi connectivity index (χ3v) is 3.29. The highest BCUT2D eigenvalue weighted by Crippen LogP contribution is 2.42. The van der Waals surface area contributed by atoms with Crippen molar-refractivity contribution in [3.05, 3.63) is 12.2 Å². The lowest BCUT2D eigenvalue weighted by Crippen LogP contribution is -2.31. The number of nitrogens with two attached hydrogens (primary N) is 1. The highest BCUT2D eigenvalue weighted by atomic mass is 16.8. The molecule has 0 aromatic carbocycles. The fourth-order valence-electron chi connectivity index (χ4n) is 2.53. The molecule has 0 saturated carbocycles. The van der Waals surface area contributed by atoms with Crippen LogP contribution in [0.15, 0.2) is 6.33 Å². The van der Waals surface area contributed by atoms with Crippen molar-refractivity contribution in [3.63, 3.8) is 0 Å². The van der Waals surface area contributed by atoms with Crippen molar-refractivity contribution in [1.29, 1.82) is 0 Å². The highest BCUT2D eigenvalue weighted by molar-refractivity contribution is 5.88. The summed E-state index contributed by atoms with van der Waals surface area (Å²) >= 11 is 0. The molecule has 0 radical (unpaired) electrons. The second-order valence-corrected chi connectivity index (χ2v) is 5.22. The number of hydrogen-bond acceptors (Lipinski definition) is 7. The van der Waals surface area contributed by atoms with Crippen molar-refractivity contribution in [3.8, 4) is 0 Å². The van der Waals surface area contributed by atoms with Gasteiger partial charge >= 0.3 is 0 Å². The topological polar surface area (TPSA) is 122 Å². The molecule has 3 rings (SSSR count). The number of aliphatic hydroxyl groups is 1. The van der Waals surface area contributed by atoms with E-state index in [0.717, 1.165) is 0 Å². The minimum Gasteiger partial charge on any atom is -0.394 e. The number of carbonyl (C=O) groups excluding carboxylic acids is 1. The van der Waals surface area contributed by atoms with E-state index in [1.807, 2.05) is 0 Å². The van der Waals surface area contributed by atoms with Gasteiger partial charge in [-0.3, -0.25) is 4.79 Å². The summed E-state index contributed by atoms with van der Waals surface area (Å²) in [6, 6.07) is 0. The zero-order valence-corrected chi connectivity index (χ0v) is 11.1. The minimum absolute atomic E-state index is 0.101. The van der Waals surface area contributed by atoms with Crippen LogP contribution in [0.1, 0.15) is 30.7 Å². The normalized spacial score (nSPS) is 35.1. The number of aromatic nitrogens is 3. The summed E-state index contributed by atoms with van der Waals surface area (Å²) in [5, 5.41) is 13.3. The van der Waals surface area contributed by atoms with Crippen LogP contribution >= 0.6 is 0 Å². The standard InChI is InChI=1S/C11H16N4O5/c1-11(2)19-6-5(3-16)18-10(7(6)20-11)15-4-13-9(14-15)8(12)17/h4-7,10,16H,3H2,1-2H3,(H2,12,17)/t5-,6+,7+,10-/m0/s1. The first-order valence-electron chi connectivity index (χ1n) is 6.24. The monoisotopic (exact) mass is 284 g/mol. The molecule has 2 fully saturated rings. The van der Waals surface area contributed by atoms with Gasteiger partial charge in [0.1, 0.15) is 24.6 Å². The lowest BCUT2D eigenvalue weighted by atomic mass is 10.1. The maximum Gasteiger partial charge on any atom is 0.288 e. The summed E-state index contributed by atoms with van der Waals surface area (Å²) in [5.74, 6) is -1.59. The van der Waals surface area contributed by atoms with Crippen molar-refractivity contribution in [2.45, 2.75) is 44.2 Å². The van der Waals surface area contributed by atoms with Gasteiger partial charge in [-0.25, -0.2) is 9.67 Å². The van der Waals surface area contributed by atoms with Crippen LogP contribution in [0.3, 0.4) is 0 Å². The fourth-order valence-corrected chi connectivity index (χ4v) is 2.53. The van der Waals surface area contributed by atoms with E-state index in [2.05, 4.69) is 10.1 Å². The lowest BCUT2D eigenvalue weighted by Gasteiger charge is -2.23. The Morgan fingerprint density at radius 3 is 2.80 bits per heavy atom. The van der Waals surface area contributed by atoms with Gasteiger partial charge in [-0.15, -0.1) is 5.10 Å². The second kappa shape index (κ2) is 4.48. The number of fused-ring (bicyclic) bond motifs is 1. The van der Waals surface area contributed by atoms with E-state index in [1.165, 1.54) is 11.0 Å². The van der Waals surface area contributed by atoms with Crippen LogP contribution in [-0.2, 0) is 14.2 Å². The lowest BCUT2D eigenvalue weighted by molar-refractivity contribution is -0.201. The first-order valence-corrected chi connectivity index (χ1v) is 6.24. The number of ether oxygens (including phenoxy) is 3. The number of aliphatic hydroxyl groups excluding tert-OH is 1. The average molecular weight is 284 g/mol. The molecule has 0 aliphatic carbocycles. The summed E-state index contributed by atoms with van der Waals surface area (Å²) < 4.78 is 18.5. The van der Waals surface area contributed by atoms with Gasteiger partial charge in [-0.1, -0.05) is 0 Å². The van der Waals surface area contributed by atoms with Crippen molar-refractivity contribution in [2.24, 2.45) is 5.73 Å². The number of carbonyl (C=O) groups is 1. The second-order valence-electron chi connectivity index (χ2n) is 5.22. The Balaban J connectivity index is 1.87. The molecule has 0 unspecified atom stereocenters. The van der Waals surface area contributed by atoms with Gasteiger partial charge in [0.2, 0.25) is 5.82 Å². The van der Waals surface area contributed by atoms with Crippen molar-refractivity contribution >= 4 is 5.91 Å². The number of amides is 1. The number of primary amides is 1. The van der Waals surface area contributed by atoms with Gasteiger partial charge in [0.15, 0.2) is 12.0 Å². The molecule has 3 N–H and O–H groups in total. The molecule has 1 amide bonds. The van der Waals surface area contributed by atoms with E-state index in [9.17, 15) is 9.90 Å². The predicted octanol–water partition coefficient (Wildman–Crippen LogP) is -1.21. The van der Waals surface area contributed by atoms with Crippen molar-refractivity contribution < 1.29 is 24.1 Å². The summed E-state index contributed by atoms with van der Waals surface area (Å²) in [6.45, 7) is 3.37. The Labute approximate surface area is 114 Å². The van der Waals surface area contributed by atoms with E-state index in [0.29, 0.717) is 0 Å². The summed E-state index contributed by atoms with van der Waals surface area (Å²) in [5.41, 5.74) is 5.12. The predicted molar refractivity (Wildman–Crippen MR) is 63.4 cm³/mol. The number of nitrogens with zero attached hydrogens (tertiary/aromatic N) is 3. The van der Waals surface area contributed by atoms with Crippen LogP contribution in [0.4, 0.5) is 0 Å². The largest absolute Gasteiger partial charge is 0.394 e. The zero-order valence-electron chi connectivity index (χ0n) is 11.1. The number of rotatable bonds is 3. The average Bonchev–Trinajstić information content (AvgIpc) is 3.01. The maximum atomic E-state index is 11.0. The summed E-state index contributed by atoms with van der Waals surface area (Å²) in [7, 11) is 0. The Morgan fingerprint density at radius 1 is 1.50 bits per heavy atom. The quantitative estimate of drug-likeness (QED) is 0.713. The van der Waals surface area contributed by atoms with Gasteiger partial charge in [0.05, 0.1) is 6.61 Å². The Kier molecular flexibility index (Phi) is 3.01. The van der Waals surface area contributed by atoms with Crippen molar-refractivity contribution in [2.75, 3.05) is 6.61 Å². The molecule has 2 aliphatic heterocycles. The molecule has 1 aromatic rings. The molecule has 3 heterocycles. The van der Waals surface area contributed by atoms with Gasteiger partial charge in [0.25, 0.3) is 5.91 Å². The number of hydrogen-bond donors (Lipinski definition) is 2. The Morgan fingerprint density at radius 2 is 2.20 bits per heavy atom. The first kappa shape index (κ1) is 13.4. The molecule has 20 heavy (non-hydrogen) atoms. The molecule has 1 aromatic heterocycles. The highest BCUT2D eigenvalue weighted by Gasteiger charge is 2.56. The Hall–Kier alpha value is -1.55. The summed E-state index contributed by atoms with van der Waals surface area (Å²) in [6.07, 6.45) is -0.644. The third kappa shape index (κ3) is 2.08. The minimum atomic E-state index is -0.766. The molecule has 2 saturated heterocycles. The molecule has 0 spiro atoms. The van der Waals surface area contributed by atoms with Crippen LogP contribution in [-0.4, -0.2) is 56.5 Å². The van der Waals surface area contributed by atoms with E-state index in [-0.39, 0.29) is 12.4 Å². The zero-order chi connectivity index (χ0) is 14.5. The molecule has 2 aliphatic rings. The fraction of sp³-hybridized carbons (Fsp3) is 0.727. The van der Waals surface area contributed by atoms with Gasteiger partial charge in [-0.2, -0.15) is 0 Å². The van der Waals surface area contributed by atoms with E-state index < -0.39 is 36.2 Å². The van der Waals surface area contributed by atoms with Crippen LogP contribution < -0.4 is 5.73 Å². The van der Waals surface area contributed by atoms with Crippen LogP contribution in [0.25, 0.3) is 0 Å². The third-order valence-electron chi connectivity index (χ3n) is 3.29. The smallest absolute Gasteiger partial charge is 0.288 e. The van der Waals surface area contributed by atoms with E-state index >= 15 is 0 Å². The molecule has 110 valence electrons. The molecule has 4 atom stereocenters. The molecular formula is C11H16N4O5. The SMILES string of the molecule is CC1(C)O[C@@H]2[C@H](O1)[C@H](CO)O[C@@H]2n1cnc(C(N)=O)n1. The van der Waals surface area contributed by atoms with Crippen LogP contribution in [0.5, 0.6) is 0 Å². The van der Waals surface area contributed by atoms with Gasteiger partial charge in [-0.05, 0) is 13.8 Å². The molecule has 9 nitrogen and oxygen atoms in total.